The normalized spacial score (nSPS) is 10.7. The highest BCUT2D eigenvalue weighted by Gasteiger charge is 2.20. The number of nitrogens with zero attached hydrogens (tertiary/aromatic N) is 2. The predicted molar refractivity (Wildman–Crippen MR) is 106 cm³/mol. The Morgan fingerprint density at radius 2 is 1.93 bits per heavy atom. The van der Waals surface area contributed by atoms with E-state index in [1.54, 1.807) is 23.0 Å². The summed E-state index contributed by atoms with van der Waals surface area (Å²) < 4.78 is 15.7. The van der Waals surface area contributed by atoms with Crippen molar-refractivity contribution in [3.63, 3.8) is 0 Å². The summed E-state index contributed by atoms with van der Waals surface area (Å²) >= 11 is 1.50. The summed E-state index contributed by atoms with van der Waals surface area (Å²) in [6.07, 6.45) is 1.67. The van der Waals surface area contributed by atoms with Gasteiger partial charge in [-0.05, 0) is 48.2 Å². The van der Waals surface area contributed by atoms with Crippen LogP contribution in [0.25, 0.3) is 16.3 Å². The van der Waals surface area contributed by atoms with Crippen LogP contribution in [0.2, 0.25) is 0 Å². The molecule has 4 aromatic rings. The van der Waals surface area contributed by atoms with Crippen molar-refractivity contribution in [2.24, 2.45) is 0 Å². The van der Waals surface area contributed by atoms with Crippen molar-refractivity contribution in [1.29, 1.82) is 0 Å². The smallest absolute Gasteiger partial charge is 0.259 e. The lowest BCUT2D eigenvalue weighted by molar-refractivity contribution is 0.102. The van der Waals surface area contributed by atoms with E-state index in [0.29, 0.717) is 11.3 Å². The summed E-state index contributed by atoms with van der Waals surface area (Å²) in [6.45, 7) is 1.85. The van der Waals surface area contributed by atoms with Gasteiger partial charge < -0.3 is 5.32 Å². The standard InChI is InChI=1S/C21H16FN3OS/c1-14-9-10-17(22)18(12-14)23-21(26)16-13-25(15-6-3-2-4-7-15)24-20(16)19-8-5-11-27-19/h2-13H,1H3,(H,23,26). The molecule has 2 aromatic carbocycles. The molecule has 2 aromatic heterocycles. The summed E-state index contributed by atoms with van der Waals surface area (Å²) in [4.78, 5) is 13.8. The Morgan fingerprint density at radius 3 is 2.67 bits per heavy atom. The maximum absolute atomic E-state index is 14.1. The number of anilines is 1. The van der Waals surface area contributed by atoms with Gasteiger partial charge >= 0.3 is 0 Å². The SMILES string of the molecule is Cc1ccc(F)c(NC(=O)c2cn(-c3ccccc3)nc2-c2cccs2)c1. The topological polar surface area (TPSA) is 46.9 Å². The van der Waals surface area contributed by atoms with Crippen LogP contribution in [0.15, 0.2) is 72.2 Å². The van der Waals surface area contributed by atoms with Crippen LogP contribution >= 0.6 is 11.3 Å². The lowest BCUT2D eigenvalue weighted by Crippen LogP contribution is -2.13. The minimum Gasteiger partial charge on any atom is -0.319 e. The van der Waals surface area contributed by atoms with Gasteiger partial charge in [-0.2, -0.15) is 5.10 Å². The number of halogens is 1. The molecule has 0 spiro atoms. The number of benzene rings is 2. The average Bonchev–Trinajstić information content (AvgIpc) is 3.34. The Morgan fingerprint density at radius 1 is 1.11 bits per heavy atom. The highest BCUT2D eigenvalue weighted by molar-refractivity contribution is 7.13. The summed E-state index contributed by atoms with van der Waals surface area (Å²) in [5, 5.41) is 9.20. The summed E-state index contributed by atoms with van der Waals surface area (Å²) in [6, 6.07) is 18.0. The molecule has 134 valence electrons. The van der Waals surface area contributed by atoms with Crippen molar-refractivity contribution in [3.05, 3.63) is 89.2 Å². The Hall–Kier alpha value is -3.25. The Bertz CT molecular complexity index is 1090. The molecule has 0 bridgehead atoms. The van der Waals surface area contributed by atoms with Crippen LogP contribution in [-0.2, 0) is 0 Å². The molecule has 0 saturated heterocycles. The van der Waals surface area contributed by atoms with Crippen LogP contribution in [0.3, 0.4) is 0 Å². The van der Waals surface area contributed by atoms with Crippen molar-refractivity contribution in [2.45, 2.75) is 6.92 Å². The molecular formula is C21H16FN3OS. The average molecular weight is 377 g/mol. The molecule has 0 aliphatic carbocycles. The number of thiophene rings is 1. The van der Waals surface area contributed by atoms with Crippen molar-refractivity contribution in [2.75, 3.05) is 5.32 Å². The molecule has 0 saturated carbocycles. The third kappa shape index (κ3) is 3.52. The second-order valence-electron chi connectivity index (χ2n) is 6.09. The number of amides is 1. The lowest BCUT2D eigenvalue weighted by atomic mass is 10.1. The van der Waals surface area contributed by atoms with Crippen LogP contribution in [0.4, 0.5) is 10.1 Å². The van der Waals surface area contributed by atoms with Crippen molar-refractivity contribution in [1.82, 2.24) is 9.78 Å². The molecule has 0 atom stereocenters. The first kappa shape index (κ1) is 17.2. The highest BCUT2D eigenvalue weighted by atomic mass is 32.1. The molecule has 4 nitrogen and oxygen atoms in total. The number of aromatic nitrogens is 2. The van der Waals surface area contributed by atoms with E-state index in [9.17, 15) is 9.18 Å². The van der Waals surface area contributed by atoms with E-state index in [4.69, 9.17) is 0 Å². The quantitative estimate of drug-likeness (QED) is 0.524. The van der Waals surface area contributed by atoms with Gasteiger partial charge in [-0.1, -0.05) is 30.3 Å². The number of hydrogen-bond acceptors (Lipinski definition) is 3. The molecule has 0 aliphatic heterocycles. The van der Waals surface area contributed by atoms with E-state index >= 15 is 0 Å². The Balaban J connectivity index is 1.75. The fraction of sp³-hybridized carbons (Fsp3) is 0.0476. The van der Waals surface area contributed by atoms with Gasteiger partial charge in [-0.3, -0.25) is 4.79 Å². The zero-order valence-electron chi connectivity index (χ0n) is 14.5. The van der Waals surface area contributed by atoms with Crippen LogP contribution < -0.4 is 5.32 Å². The first-order valence-corrected chi connectivity index (χ1v) is 9.26. The molecule has 0 unspecified atom stereocenters. The zero-order chi connectivity index (χ0) is 18.8. The molecule has 0 radical (unpaired) electrons. The number of rotatable bonds is 4. The number of carbonyl (C=O) groups excluding carboxylic acids is 1. The first-order chi connectivity index (χ1) is 13.1. The molecule has 6 heteroatoms. The van der Waals surface area contributed by atoms with Crippen molar-refractivity contribution in [3.8, 4) is 16.3 Å². The second-order valence-corrected chi connectivity index (χ2v) is 7.03. The third-order valence-electron chi connectivity index (χ3n) is 4.10. The summed E-state index contributed by atoms with van der Waals surface area (Å²) in [7, 11) is 0. The minimum absolute atomic E-state index is 0.157. The number of nitrogens with one attached hydrogen (secondary N) is 1. The van der Waals surface area contributed by atoms with E-state index in [1.807, 2.05) is 54.8 Å². The van der Waals surface area contributed by atoms with E-state index < -0.39 is 11.7 Å². The molecule has 1 amide bonds. The van der Waals surface area contributed by atoms with E-state index in [2.05, 4.69) is 10.4 Å². The molecular weight excluding hydrogens is 361 g/mol. The van der Waals surface area contributed by atoms with E-state index in [0.717, 1.165) is 16.1 Å². The second kappa shape index (κ2) is 7.17. The summed E-state index contributed by atoms with van der Waals surface area (Å²) in [5.41, 5.74) is 2.83. The monoisotopic (exact) mass is 377 g/mol. The molecule has 0 fully saturated rings. The molecule has 2 heterocycles. The highest BCUT2D eigenvalue weighted by Crippen LogP contribution is 2.28. The van der Waals surface area contributed by atoms with Crippen LogP contribution in [0, 0.1) is 12.7 Å². The van der Waals surface area contributed by atoms with Gasteiger partial charge in [0.2, 0.25) is 0 Å². The first-order valence-electron chi connectivity index (χ1n) is 8.38. The molecule has 27 heavy (non-hydrogen) atoms. The van der Waals surface area contributed by atoms with Gasteiger partial charge in [0.25, 0.3) is 5.91 Å². The van der Waals surface area contributed by atoms with Crippen molar-refractivity contribution >= 4 is 22.9 Å². The van der Waals surface area contributed by atoms with Crippen molar-refractivity contribution < 1.29 is 9.18 Å². The lowest BCUT2D eigenvalue weighted by Gasteiger charge is -2.07. The van der Waals surface area contributed by atoms with Gasteiger partial charge in [0.1, 0.15) is 11.5 Å². The number of para-hydroxylation sites is 1. The van der Waals surface area contributed by atoms with Crippen LogP contribution in [-0.4, -0.2) is 15.7 Å². The maximum atomic E-state index is 14.1. The summed E-state index contributed by atoms with van der Waals surface area (Å²) in [5.74, 6) is -0.868. The third-order valence-corrected chi connectivity index (χ3v) is 4.98. The van der Waals surface area contributed by atoms with Gasteiger partial charge in [0.05, 0.1) is 21.8 Å². The van der Waals surface area contributed by atoms with Crippen LogP contribution in [0.1, 0.15) is 15.9 Å². The van der Waals surface area contributed by atoms with Gasteiger partial charge in [-0.15, -0.1) is 11.3 Å². The minimum atomic E-state index is -0.470. The number of carbonyl (C=O) groups is 1. The van der Waals surface area contributed by atoms with Gasteiger partial charge in [-0.25, -0.2) is 9.07 Å². The van der Waals surface area contributed by atoms with E-state index in [1.165, 1.54) is 17.4 Å². The van der Waals surface area contributed by atoms with Gasteiger partial charge in [0.15, 0.2) is 0 Å². The van der Waals surface area contributed by atoms with Crippen LogP contribution in [0.5, 0.6) is 0 Å². The molecule has 0 aliphatic rings. The fourth-order valence-electron chi connectivity index (χ4n) is 2.77. The largest absolute Gasteiger partial charge is 0.319 e. The number of aryl methyl sites for hydroxylation is 1. The fourth-order valence-corrected chi connectivity index (χ4v) is 3.50. The molecule has 1 N–H and O–H groups in total. The van der Waals surface area contributed by atoms with E-state index in [-0.39, 0.29) is 5.69 Å². The predicted octanol–water partition coefficient (Wildman–Crippen LogP) is 5.30. The zero-order valence-corrected chi connectivity index (χ0v) is 15.3. The Kier molecular flexibility index (Phi) is 4.56. The molecule has 4 rings (SSSR count). The Labute approximate surface area is 159 Å². The van der Waals surface area contributed by atoms with Gasteiger partial charge in [0, 0.05) is 6.20 Å². The maximum Gasteiger partial charge on any atom is 0.259 e. The number of hydrogen-bond donors (Lipinski definition) is 1.